The van der Waals surface area contributed by atoms with Gasteiger partial charge >= 0.3 is 0 Å². The molecule has 0 fully saturated rings. The van der Waals surface area contributed by atoms with E-state index in [4.69, 9.17) is 4.43 Å². The van der Waals surface area contributed by atoms with Crippen LogP contribution in [0.2, 0.25) is 39.3 Å². The van der Waals surface area contributed by atoms with E-state index < -0.39 is 16.6 Å². The maximum Gasteiger partial charge on any atom is 0.292 e. The van der Waals surface area contributed by atoms with Crippen LogP contribution in [-0.2, 0) is 9.22 Å². The Morgan fingerprint density at radius 1 is 1.11 bits per heavy atom. The Labute approximate surface area is 121 Å². The number of carbonyl (C=O) groups excluding carboxylic acids is 1. The Morgan fingerprint density at radius 3 is 2.00 bits per heavy atom. The molecule has 0 radical (unpaired) electrons. The van der Waals surface area contributed by atoms with Gasteiger partial charge in [0.25, 0.3) is 5.97 Å². The Morgan fingerprint density at radius 2 is 1.63 bits per heavy atom. The van der Waals surface area contributed by atoms with E-state index in [1.54, 1.807) is 0 Å². The summed E-state index contributed by atoms with van der Waals surface area (Å²) in [5.41, 5.74) is 0. The average Bonchev–Trinajstić information content (AvgIpc) is 2.08. The summed E-state index contributed by atoms with van der Waals surface area (Å²) in [6, 6.07) is 0. The first-order valence-electron chi connectivity index (χ1n) is 7.36. The Balaban J connectivity index is 4.38. The largest absolute Gasteiger partial charge is 0.520 e. The lowest BCUT2D eigenvalue weighted by molar-refractivity contribution is -0.136. The molecule has 0 saturated carbocycles. The van der Waals surface area contributed by atoms with E-state index >= 15 is 0 Å². The highest BCUT2D eigenvalue weighted by molar-refractivity contribution is 6.73. The summed E-state index contributed by atoms with van der Waals surface area (Å²) in [6.07, 6.45) is 1.64. The summed E-state index contributed by atoms with van der Waals surface area (Å²) < 4.78 is 5.57. The molecule has 5 heteroatoms. The van der Waals surface area contributed by atoms with Crippen molar-refractivity contribution < 1.29 is 9.22 Å². The molecule has 0 rings (SSSR count). The fourth-order valence-corrected chi connectivity index (χ4v) is 3.64. The molecule has 0 saturated heterocycles. The second-order valence-electron chi connectivity index (χ2n) is 7.92. The van der Waals surface area contributed by atoms with Crippen molar-refractivity contribution in [1.82, 2.24) is 4.98 Å². The molecule has 1 N–H and O–H groups in total. The first-order chi connectivity index (χ1) is 8.39. The highest BCUT2D eigenvalue weighted by Crippen LogP contribution is 2.17. The van der Waals surface area contributed by atoms with E-state index in [-0.39, 0.29) is 5.97 Å². The lowest BCUT2D eigenvalue weighted by atomic mass is 9.94. The molecule has 1 atom stereocenters. The molecule has 0 aliphatic carbocycles. The quantitative estimate of drug-likeness (QED) is 0.692. The average molecular weight is 304 g/mol. The van der Waals surface area contributed by atoms with Gasteiger partial charge in [-0.25, -0.2) is 0 Å². The van der Waals surface area contributed by atoms with Crippen LogP contribution in [0, 0.1) is 11.8 Å². The van der Waals surface area contributed by atoms with Crippen molar-refractivity contribution in [3.8, 4) is 0 Å². The van der Waals surface area contributed by atoms with Crippen molar-refractivity contribution in [3.05, 3.63) is 0 Å². The molecule has 1 unspecified atom stereocenters. The molecule has 0 aliphatic heterocycles. The van der Waals surface area contributed by atoms with Crippen molar-refractivity contribution in [2.45, 2.75) is 66.0 Å². The molecule has 0 aliphatic rings. The fraction of sp³-hybridized carbons (Fsp3) is 0.929. The van der Waals surface area contributed by atoms with Gasteiger partial charge in [-0.2, -0.15) is 0 Å². The predicted octanol–water partition coefficient (Wildman–Crippen LogP) is 3.84. The monoisotopic (exact) mass is 303 g/mol. The van der Waals surface area contributed by atoms with Gasteiger partial charge in [0.15, 0.2) is 0 Å². The van der Waals surface area contributed by atoms with Crippen LogP contribution in [0.25, 0.3) is 0 Å². The van der Waals surface area contributed by atoms with Gasteiger partial charge in [-0.15, -0.1) is 0 Å². The van der Waals surface area contributed by atoms with Crippen molar-refractivity contribution in [2.24, 2.45) is 11.8 Å². The number of hydrogen-bond acceptors (Lipinski definition) is 3. The second kappa shape index (κ2) is 7.59. The highest BCUT2D eigenvalue weighted by atomic mass is 28.4. The van der Waals surface area contributed by atoms with Crippen LogP contribution < -0.4 is 4.98 Å². The third-order valence-electron chi connectivity index (χ3n) is 2.60. The zero-order chi connectivity index (χ0) is 15.3. The molecular formula is C14H33NO2Si2. The molecule has 0 amide bonds. The molecule has 0 bridgehead atoms. The molecule has 0 spiro atoms. The first kappa shape index (κ1) is 18.9. The molecule has 0 aromatic carbocycles. The van der Waals surface area contributed by atoms with Crippen molar-refractivity contribution in [3.63, 3.8) is 0 Å². The fourth-order valence-electron chi connectivity index (χ4n) is 1.97. The standard InChI is InChI=1S/C14H33NO2Si2/c1-12(2)9-13(11-15-18(3,4)5)10-14(16)17-19(6,7)8/h12-13,15H,9-11H2,1-8H3. The molecule has 3 nitrogen and oxygen atoms in total. The topological polar surface area (TPSA) is 38.3 Å². The Hall–Kier alpha value is -0.136. The third-order valence-corrected chi connectivity index (χ3v) is 4.71. The molecule has 19 heavy (non-hydrogen) atoms. The van der Waals surface area contributed by atoms with Gasteiger partial charge in [0.05, 0.1) is 0 Å². The minimum absolute atomic E-state index is 0.0119. The van der Waals surface area contributed by atoms with E-state index in [9.17, 15) is 4.79 Å². The smallest absolute Gasteiger partial charge is 0.292 e. The van der Waals surface area contributed by atoms with Crippen molar-refractivity contribution in [1.29, 1.82) is 0 Å². The zero-order valence-corrected chi connectivity index (χ0v) is 16.1. The summed E-state index contributed by atoms with van der Waals surface area (Å²) in [4.78, 5) is 15.6. The summed E-state index contributed by atoms with van der Waals surface area (Å²) >= 11 is 0. The molecule has 0 heterocycles. The summed E-state index contributed by atoms with van der Waals surface area (Å²) in [6.45, 7) is 18.4. The van der Waals surface area contributed by atoms with Crippen molar-refractivity contribution in [2.75, 3.05) is 6.54 Å². The van der Waals surface area contributed by atoms with Crippen LogP contribution >= 0.6 is 0 Å². The number of carbonyl (C=O) groups is 1. The SMILES string of the molecule is CC(C)CC(CN[Si](C)(C)C)CC(=O)O[Si](C)(C)C. The van der Waals surface area contributed by atoms with E-state index in [2.05, 4.69) is 58.1 Å². The molecule has 0 aromatic rings. The molecule has 114 valence electrons. The van der Waals surface area contributed by atoms with E-state index in [0.717, 1.165) is 13.0 Å². The maximum absolute atomic E-state index is 12.0. The summed E-state index contributed by atoms with van der Waals surface area (Å²) in [7, 11) is -3.01. The van der Waals surface area contributed by atoms with Gasteiger partial charge in [0.1, 0.15) is 8.24 Å². The van der Waals surface area contributed by atoms with Crippen LogP contribution in [0.4, 0.5) is 0 Å². The normalized spacial score (nSPS) is 14.6. The van der Waals surface area contributed by atoms with E-state index in [1.165, 1.54) is 0 Å². The van der Waals surface area contributed by atoms with Gasteiger partial charge in [-0.1, -0.05) is 33.5 Å². The Bertz CT molecular complexity index is 280. The van der Waals surface area contributed by atoms with Crippen LogP contribution in [0.1, 0.15) is 26.7 Å². The number of hydrogen-bond donors (Lipinski definition) is 1. The first-order valence-corrected chi connectivity index (χ1v) is 14.3. The lowest BCUT2D eigenvalue weighted by Crippen LogP contribution is -2.44. The van der Waals surface area contributed by atoms with Crippen LogP contribution in [0.5, 0.6) is 0 Å². The zero-order valence-electron chi connectivity index (χ0n) is 14.1. The van der Waals surface area contributed by atoms with E-state index in [0.29, 0.717) is 18.3 Å². The predicted molar refractivity (Wildman–Crippen MR) is 88.3 cm³/mol. The number of nitrogens with one attached hydrogen (secondary N) is 1. The van der Waals surface area contributed by atoms with E-state index in [1.807, 2.05) is 0 Å². The lowest BCUT2D eigenvalue weighted by Gasteiger charge is -2.26. The summed E-state index contributed by atoms with van der Waals surface area (Å²) in [5, 5.41) is 0. The number of rotatable bonds is 8. The Kier molecular flexibility index (Phi) is 7.54. The second-order valence-corrected chi connectivity index (χ2v) is 17.2. The maximum atomic E-state index is 12.0. The van der Waals surface area contributed by atoms with Crippen LogP contribution in [-0.4, -0.2) is 29.1 Å². The van der Waals surface area contributed by atoms with Crippen LogP contribution in [0.15, 0.2) is 0 Å². The van der Waals surface area contributed by atoms with Gasteiger partial charge in [-0.3, -0.25) is 4.79 Å². The van der Waals surface area contributed by atoms with Gasteiger partial charge < -0.3 is 9.41 Å². The third kappa shape index (κ3) is 12.6. The summed E-state index contributed by atoms with van der Waals surface area (Å²) in [5.74, 6) is 1.01. The van der Waals surface area contributed by atoms with Gasteiger partial charge in [0, 0.05) is 6.42 Å². The van der Waals surface area contributed by atoms with Gasteiger partial charge in [-0.05, 0) is 44.4 Å². The highest BCUT2D eigenvalue weighted by Gasteiger charge is 2.24. The van der Waals surface area contributed by atoms with Crippen molar-refractivity contribution >= 4 is 22.5 Å². The van der Waals surface area contributed by atoms with Crippen LogP contribution in [0.3, 0.4) is 0 Å². The minimum atomic E-state index is -1.75. The molecule has 0 aromatic heterocycles. The van der Waals surface area contributed by atoms with Gasteiger partial charge in [0.2, 0.25) is 8.32 Å². The minimum Gasteiger partial charge on any atom is -0.520 e. The molecular weight excluding hydrogens is 270 g/mol.